The van der Waals surface area contributed by atoms with Crippen molar-refractivity contribution in [3.05, 3.63) is 78.4 Å². The normalized spacial score (nSPS) is 17.1. The molecule has 1 N–H and O–H groups in total. The molecule has 0 radical (unpaired) electrons. The Morgan fingerprint density at radius 1 is 1.07 bits per heavy atom. The van der Waals surface area contributed by atoms with Gasteiger partial charge in [0.05, 0.1) is 11.7 Å². The van der Waals surface area contributed by atoms with E-state index in [-0.39, 0.29) is 6.04 Å². The van der Waals surface area contributed by atoms with Crippen molar-refractivity contribution in [3.8, 4) is 5.88 Å². The quantitative estimate of drug-likeness (QED) is 0.593. The average Bonchev–Trinajstić information content (AvgIpc) is 3.36. The second-order valence-electron chi connectivity index (χ2n) is 6.93. The maximum absolute atomic E-state index is 5.92. The Hall–Kier alpha value is -3.12. The van der Waals surface area contributed by atoms with Gasteiger partial charge in [-0.15, -0.1) is 0 Å². The number of nitrogens with one attached hydrogen (secondary N) is 1. The third kappa shape index (κ3) is 3.19. The average molecular weight is 359 g/mol. The lowest BCUT2D eigenvalue weighted by Crippen LogP contribution is -2.39. The van der Waals surface area contributed by atoms with Crippen LogP contribution in [0, 0.1) is 0 Å². The number of pyridine rings is 1. The lowest BCUT2D eigenvalue weighted by atomic mass is 10.1. The number of aromatic amines is 1. The Bertz CT molecular complexity index is 1040. The van der Waals surface area contributed by atoms with Gasteiger partial charge in [0, 0.05) is 55.2 Å². The molecule has 0 spiro atoms. The van der Waals surface area contributed by atoms with Gasteiger partial charge in [0.15, 0.2) is 0 Å². The number of benzene rings is 1. The summed E-state index contributed by atoms with van der Waals surface area (Å²) in [6.07, 6.45) is 5.63. The maximum atomic E-state index is 5.92. The molecule has 3 aromatic heterocycles. The second kappa shape index (κ2) is 6.89. The summed E-state index contributed by atoms with van der Waals surface area (Å²) in [5, 5.41) is 5.81. The number of ether oxygens (including phenoxy) is 1. The minimum absolute atomic E-state index is 0.163. The molecule has 0 fully saturated rings. The Labute approximate surface area is 157 Å². The van der Waals surface area contributed by atoms with Gasteiger partial charge in [-0.3, -0.25) is 9.58 Å². The van der Waals surface area contributed by atoms with E-state index in [4.69, 9.17) is 4.74 Å². The standard InChI is InChI=1S/C21H21N5O/c1-2-9-23-21(6-1)27-15-18-14-25(13-17-7-11-24-26(17)18)12-16-4-3-5-20-19(16)8-10-22-20/h1-11,18,22H,12-15H2. The molecule has 6 nitrogen and oxygen atoms in total. The molecule has 0 aliphatic carbocycles. The van der Waals surface area contributed by atoms with Crippen molar-refractivity contribution in [3.63, 3.8) is 0 Å². The zero-order valence-electron chi connectivity index (χ0n) is 15.0. The monoisotopic (exact) mass is 359 g/mol. The van der Waals surface area contributed by atoms with Crippen molar-refractivity contribution < 1.29 is 4.74 Å². The van der Waals surface area contributed by atoms with Gasteiger partial charge in [0.25, 0.3) is 0 Å². The van der Waals surface area contributed by atoms with Crippen LogP contribution in [-0.4, -0.2) is 37.8 Å². The molecule has 1 aromatic carbocycles. The third-order valence-electron chi connectivity index (χ3n) is 5.09. The van der Waals surface area contributed by atoms with E-state index in [0.717, 1.165) is 19.6 Å². The highest BCUT2D eigenvalue weighted by Crippen LogP contribution is 2.25. The van der Waals surface area contributed by atoms with E-state index in [9.17, 15) is 0 Å². The molecule has 4 aromatic rings. The molecule has 1 atom stereocenters. The molecular formula is C21H21N5O. The molecule has 1 aliphatic heterocycles. The van der Waals surface area contributed by atoms with E-state index in [1.54, 1.807) is 6.20 Å². The molecule has 0 saturated carbocycles. The van der Waals surface area contributed by atoms with Crippen LogP contribution in [0.2, 0.25) is 0 Å². The van der Waals surface area contributed by atoms with Gasteiger partial charge in [-0.25, -0.2) is 4.98 Å². The SMILES string of the molecule is c1ccc(OCC2CN(Cc3cccc4[nH]ccc34)Cc3ccnn32)nc1. The summed E-state index contributed by atoms with van der Waals surface area (Å²) < 4.78 is 8.02. The van der Waals surface area contributed by atoms with E-state index in [1.807, 2.05) is 30.6 Å². The Morgan fingerprint density at radius 3 is 3.00 bits per heavy atom. The largest absolute Gasteiger partial charge is 0.475 e. The predicted molar refractivity (Wildman–Crippen MR) is 103 cm³/mol. The minimum Gasteiger partial charge on any atom is -0.475 e. The third-order valence-corrected chi connectivity index (χ3v) is 5.09. The van der Waals surface area contributed by atoms with Crippen LogP contribution < -0.4 is 4.74 Å². The van der Waals surface area contributed by atoms with Gasteiger partial charge in [0.2, 0.25) is 5.88 Å². The van der Waals surface area contributed by atoms with Crippen LogP contribution in [0.1, 0.15) is 17.3 Å². The summed E-state index contributed by atoms with van der Waals surface area (Å²) >= 11 is 0. The highest BCUT2D eigenvalue weighted by atomic mass is 16.5. The lowest BCUT2D eigenvalue weighted by Gasteiger charge is -2.33. The van der Waals surface area contributed by atoms with Crippen molar-refractivity contribution in [2.45, 2.75) is 19.1 Å². The molecular weight excluding hydrogens is 338 g/mol. The zero-order valence-corrected chi connectivity index (χ0v) is 15.0. The summed E-state index contributed by atoms with van der Waals surface area (Å²) in [7, 11) is 0. The minimum atomic E-state index is 0.163. The van der Waals surface area contributed by atoms with Gasteiger partial charge < -0.3 is 9.72 Å². The fourth-order valence-electron chi connectivity index (χ4n) is 3.85. The van der Waals surface area contributed by atoms with Crippen LogP contribution in [0.3, 0.4) is 0 Å². The fraction of sp³-hybridized carbons (Fsp3) is 0.238. The van der Waals surface area contributed by atoms with Crippen LogP contribution in [0.5, 0.6) is 5.88 Å². The lowest BCUT2D eigenvalue weighted by molar-refractivity contribution is 0.125. The summed E-state index contributed by atoms with van der Waals surface area (Å²) in [6.45, 7) is 3.24. The summed E-state index contributed by atoms with van der Waals surface area (Å²) in [6, 6.07) is 16.6. The number of rotatable bonds is 5. The van der Waals surface area contributed by atoms with Crippen LogP contribution in [0.4, 0.5) is 0 Å². The number of nitrogens with zero attached hydrogens (tertiary/aromatic N) is 4. The predicted octanol–water partition coefficient (Wildman–Crippen LogP) is 3.40. The summed E-state index contributed by atoms with van der Waals surface area (Å²) in [5.74, 6) is 0.653. The first kappa shape index (κ1) is 16.1. The smallest absolute Gasteiger partial charge is 0.213 e. The van der Waals surface area contributed by atoms with Gasteiger partial charge in [-0.2, -0.15) is 5.10 Å². The van der Waals surface area contributed by atoms with Gasteiger partial charge in [-0.1, -0.05) is 18.2 Å². The van der Waals surface area contributed by atoms with Crippen molar-refractivity contribution in [1.82, 2.24) is 24.6 Å². The van der Waals surface area contributed by atoms with Crippen LogP contribution >= 0.6 is 0 Å². The molecule has 27 heavy (non-hydrogen) atoms. The molecule has 1 unspecified atom stereocenters. The zero-order chi connectivity index (χ0) is 18.1. The first-order chi connectivity index (χ1) is 13.4. The Balaban J connectivity index is 1.35. The van der Waals surface area contributed by atoms with E-state index in [1.165, 1.54) is 22.2 Å². The van der Waals surface area contributed by atoms with Gasteiger partial charge >= 0.3 is 0 Å². The Morgan fingerprint density at radius 2 is 2.07 bits per heavy atom. The molecule has 4 heterocycles. The van der Waals surface area contributed by atoms with Gasteiger partial charge in [0.1, 0.15) is 6.61 Å². The number of aromatic nitrogens is 4. The molecule has 5 rings (SSSR count). The van der Waals surface area contributed by atoms with Crippen LogP contribution in [-0.2, 0) is 13.1 Å². The molecule has 1 aliphatic rings. The van der Waals surface area contributed by atoms with E-state index < -0.39 is 0 Å². The number of hydrogen-bond acceptors (Lipinski definition) is 4. The van der Waals surface area contributed by atoms with Crippen molar-refractivity contribution in [2.75, 3.05) is 13.2 Å². The second-order valence-corrected chi connectivity index (χ2v) is 6.93. The molecule has 0 amide bonds. The van der Waals surface area contributed by atoms with Crippen molar-refractivity contribution in [1.29, 1.82) is 0 Å². The molecule has 0 bridgehead atoms. The molecule has 0 saturated heterocycles. The highest BCUT2D eigenvalue weighted by Gasteiger charge is 2.26. The summed E-state index contributed by atoms with van der Waals surface area (Å²) in [5.41, 5.74) is 3.74. The van der Waals surface area contributed by atoms with E-state index >= 15 is 0 Å². The summed E-state index contributed by atoms with van der Waals surface area (Å²) in [4.78, 5) is 10.0. The number of fused-ring (bicyclic) bond motifs is 2. The highest BCUT2D eigenvalue weighted by molar-refractivity contribution is 5.82. The van der Waals surface area contributed by atoms with Gasteiger partial charge in [-0.05, 0) is 29.8 Å². The van der Waals surface area contributed by atoms with Crippen LogP contribution in [0.25, 0.3) is 10.9 Å². The van der Waals surface area contributed by atoms with Crippen molar-refractivity contribution >= 4 is 10.9 Å². The maximum Gasteiger partial charge on any atom is 0.213 e. The Kier molecular flexibility index (Phi) is 4.10. The topological polar surface area (TPSA) is 59.0 Å². The van der Waals surface area contributed by atoms with Crippen LogP contribution in [0.15, 0.2) is 67.1 Å². The molecule has 6 heteroatoms. The number of hydrogen-bond donors (Lipinski definition) is 1. The fourth-order valence-corrected chi connectivity index (χ4v) is 3.85. The van der Waals surface area contributed by atoms with Crippen molar-refractivity contribution in [2.24, 2.45) is 0 Å². The van der Waals surface area contributed by atoms with E-state index in [2.05, 4.69) is 55.0 Å². The first-order valence-corrected chi connectivity index (χ1v) is 9.20. The molecule has 136 valence electrons. The first-order valence-electron chi connectivity index (χ1n) is 9.20. The number of H-pyrrole nitrogens is 1. The van der Waals surface area contributed by atoms with E-state index in [0.29, 0.717) is 12.5 Å².